The van der Waals surface area contributed by atoms with E-state index in [0.29, 0.717) is 51.1 Å². The molecule has 1 fully saturated rings. The van der Waals surface area contributed by atoms with Gasteiger partial charge in [0.05, 0.1) is 43.7 Å². The van der Waals surface area contributed by atoms with Gasteiger partial charge < -0.3 is 44.1 Å². The summed E-state index contributed by atoms with van der Waals surface area (Å²) in [6.07, 6.45) is 3.17. The molecule has 2 aromatic carbocycles. The minimum Gasteiger partial charge on any atom is -0.497 e. The molecule has 52 heavy (non-hydrogen) atoms. The van der Waals surface area contributed by atoms with Gasteiger partial charge in [0.2, 0.25) is 11.8 Å². The molecule has 0 radical (unpaired) electrons. The van der Waals surface area contributed by atoms with E-state index in [1.54, 1.807) is 37.3 Å². The van der Waals surface area contributed by atoms with Crippen molar-refractivity contribution in [1.82, 2.24) is 10.2 Å². The Labute approximate surface area is 320 Å². The Morgan fingerprint density at radius 3 is 2.48 bits per heavy atom. The van der Waals surface area contributed by atoms with Gasteiger partial charge in [-0.2, -0.15) is 0 Å². The number of aliphatic hydroxyl groups excluding tert-OH is 2. The number of aliphatic hydroxyl groups is 2. The highest BCUT2D eigenvalue weighted by Gasteiger charge is 2.41. The van der Waals surface area contributed by atoms with Gasteiger partial charge in [-0.3, -0.25) is 14.4 Å². The fourth-order valence-corrected chi connectivity index (χ4v) is 7.95. The lowest BCUT2D eigenvalue weighted by Crippen LogP contribution is -2.56. The lowest BCUT2D eigenvalue weighted by Gasteiger charge is -2.41. The van der Waals surface area contributed by atoms with Crippen LogP contribution in [-0.4, -0.2) is 105 Å². The van der Waals surface area contributed by atoms with E-state index < -0.39 is 24.2 Å². The van der Waals surface area contributed by atoms with E-state index >= 15 is 0 Å². The number of ether oxygens (including phenoxy) is 5. The molecule has 0 saturated heterocycles. The van der Waals surface area contributed by atoms with Crippen LogP contribution in [0.1, 0.15) is 62.4 Å². The first-order valence-corrected chi connectivity index (χ1v) is 18.9. The van der Waals surface area contributed by atoms with Crippen molar-refractivity contribution in [3.05, 3.63) is 56.7 Å². The minimum atomic E-state index is -1.28. The fourth-order valence-electron chi connectivity index (χ4n) is 7.20. The number of carbonyl (C=O) groups excluding carboxylic acids is 3. The molecule has 0 spiro atoms. The number of amides is 2. The zero-order valence-corrected chi connectivity index (χ0v) is 33.1. The van der Waals surface area contributed by atoms with E-state index in [9.17, 15) is 24.6 Å². The SMILES string of the molecule is COc1ccc(OC)c(CCN(C(=O)CO[C@H]2C[C@@H](C)CC[C@@H]2C(C)C)[C@@H]2CC(C(=O)NCCO)=C[C@H](Oc3c(I)cc(C=O)cc3OC)[C@H]2O)c1. The standard InChI is InChI=1S/C39H53IN2O10/c1-23(2)29-9-7-24(3)15-33(29)51-22-36(45)42(13-11-26-18-28(48-4)8-10-32(26)49-5)31-19-27(39(47)41-12-14-43)20-34(37(31)46)52-38-30(40)16-25(21-44)17-35(38)50-6/h8,10,16-18,20-21,23-24,29,31,33-34,37,43,46H,7,9,11-15,19,22H2,1-6H3,(H,41,47)/t24-,29+,31+,33-,34-,37-/m0/s1. The van der Waals surface area contributed by atoms with Crippen LogP contribution in [0, 0.1) is 21.3 Å². The highest BCUT2D eigenvalue weighted by molar-refractivity contribution is 14.1. The van der Waals surface area contributed by atoms with E-state index in [-0.39, 0.29) is 61.8 Å². The van der Waals surface area contributed by atoms with E-state index in [2.05, 4.69) is 26.1 Å². The smallest absolute Gasteiger partial charge is 0.248 e. The first kappa shape index (κ1) is 41.4. The molecule has 2 aliphatic carbocycles. The van der Waals surface area contributed by atoms with Gasteiger partial charge in [-0.25, -0.2) is 0 Å². The summed E-state index contributed by atoms with van der Waals surface area (Å²) >= 11 is 2.02. The van der Waals surface area contributed by atoms with E-state index in [1.165, 1.54) is 19.3 Å². The largest absolute Gasteiger partial charge is 0.497 e. The Balaban J connectivity index is 1.72. The number of benzene rings is 2. The van der Waals surface area contributed by atoms with Crippen LogP contribution in [-0.2, 0) is 20.7 Å². The highest BCUT2D eigenvalue weighted by atomic mass is 127. The van der Waals surface area contributed by atoms with E-state index in [0.717, 1.165) is 24.8 Å². The van der Waals surface area contributed by atoms with Gasteiger partial charge in [-0.15, -0.1) is 0 Å². The highest BCUT2D eigenvalue weighted by Crippen LogP contribution is 2.38. The molecule has 3 N–H and O–H groups in total. The van der Waals surface area contributed by atoms with E-state index in [4.69, 9.17) is 23.7 Å². The van der Waals surface area contributed by atoms with E-state index in [1.807, 2.05) is 28.7 Å². The third-order valence-electron chi connectivity index (χ3n) is 10.1. The Morgan fingerprint density at radius 2 is 1.83 bits per heavy atom. The normalized spacial score (nSPS) is 23.0. The molecule has 2 aromatic rings. The average molecular weight is 837 g/mol. The molecular formula is C39H53IN2O10. The summed E-state index contributed by atoms with van der Waals surface area (Å²) in [5.41, 5.74) is 1.46. The topological polar surface area (TPSA) is 153 Å². The molecule has 0 unspecified atom stereocenters. The third-order valence-corrected chi connectivity index (χ3v) is 10.9. The summed E-state index contributed by atoms with van der Waals surface area (Å²) in [5, 5.41) is 24.2. The van der Waals surface area contributed by atoms with Gasteiger partial charge in [-0.1, -0.05) is 27.2 Å². The molecule has 0 heterocycles. The van der Waals surface area contributed by atoms with Gasteiger partial charge in [0.15, 0.2) is 11.5 Å². The molecule has 0 bridgehead atoms. The van der Waals surface area contributed by atoms with Crippen molar-refractivity contribution >= 4 is 40.7 Å². The van der Waals surface area contributed by atoms with Gasteiger partial charge in [0.25, 0.3) is 0 Å². The monoisotopic (exact) mass is 836 g/mol. The van der Waals surface area contributed by atoms with Crippen molar-refractivity contribution in [1.29, 1.82) is 0 Å². The molecule has 2 amide bonds. The molecule has 6 atom stereocenters. The number of aldehydes is 1. The quantitative estimate of drug-likeness (QED) is 0.152. The van der Waals surface area contributed by atoms with Gasteiger partial charge >= 0.3 is 0 Å². The number of hydrogen-bond acceptors (Lipinski definition) is 10. The van der Waals surface area contributed by atoms with Crippen molar-refractivity contribution in [2.75, 3.05) is 47.6 Å². The van der Waals surface area contributed by atoms with Crippen LogP contribution in [0.4, 0.5) is 0 Å². The zero-order valence-electron chi connectivity index (χ0n) is 30.9. The number of hydrogen-bond donors (Lipinski definition) is 3. The molecule has 0 aromatic heterocycles. The average Bonchev–Trinajstić information content (AvgIpc) is 3.14. The second-order valence-corrected chi connectivity index (χ2v) is 15.0. The maximum atomic E-state index is 14.4. The summed E-state index contributed by atoms with van der Waals surface area (Å²) in [5.74, 6) is 2.22. The van der Waals surface area contributed by atoms with Gasteiger partial charge in [-0.05, 0) is 102 Å². The molecular weight excluding hydrogens is 783 g/mol. The van der Waals surface area contributed by atoms with Crippen molar-refractivity contribution in [3.63, 3.8) is 0 Å². The summed E-state index contributed by atoms with van der Waals surface area (Å²) in [7, 11) is 4.59. The van der Waals surface area contributed by atoms with Crippen LogP contribution in [0.2, 0.25) is 0 Å². The number of carbonyl (C=O) groups is 3. The molecule has 1 saturated carbocycles. The fraction of sp³-hybridized carbons (Fsp3) is 0.564. The lowest BCUT2D eigenvalue weighted by atomic mass is 9.75. The Hall–Kier alpha value is -3.40. The van der Waals surface area contributed by atoms with Gasteiger partial charge in [0, 0.05) is 30.6 Å². The number of methoxy groups -OCH3 is 3. The zero-order chi connectivity index (χ0) is 37.9. The molecule has 12 nitrogen and oxygen atoms in total. The predicted octanol–water partition coefficient (Wildman–Crippen LogP) is 4.59. The number of nitrogens with one attached hydrogen (secondary N) is 1. The molecule has 4 rings (SSSR count). The van der Waals surface area contributed by atoms with Crippen molar-refractivity contribution < 1.29 is 48.3 Å². The minimum absolute atomic E-state index is 0.0205. The van der Waals surface area contributed by atoms with Crippen LogP contribution in [0.25, 0.3) is 0 Å². The number of rotatable bonds is 17. The maximum Gasteiger partial charge on any atom is 0.248 e. The van der Waals surface area contributed by atoms with Crippen LogP contribution in [0.3, 0.4) is 0 Å². The summed E-state index contributed by atoms with van der Waals surface area (Å²) in [4.78, 5) is 41.0. The van der Waals surface area contributed by atoms with Crippen molar-refractivity contribution in [3.8, 4) is 23.0 Å². The Kier molecular flexibility index (Phi) is 15.6. The lowest BCUT2D eigenvalue weighted by molar-refractivity contribution is -0.148. The van der Waals surface area contributed by atoms with Crippen LogP contribution >= 0.6 is 22.6 Å². The second kappa shape index (κ2) is 19.6. The van der Waals surface area contributed by atoms with Crippen LogP contribution in [0.5, 0.6) is 23.0 Å². The maximum absolute atomic E-state index is 14.4. The third kappa shape index (κ3) is 10.4. The van der Waals surface area contributed by atoms with Crippen molar-refractivity contribution in [2.45, 2.75) is 77.2 Å². The van der Waals surface area contributed by atoms with Crippen LogP contribution in [0.15, 0.2) is 42.0 Å². The summed E-state index contributed by atoms with van der Waals surface area (Å²) < 4.78 is 30.0. The first-order chi connectivity index (χ1) is 24.9. The number of nitrogens with zero attached hydrogens (tertiary/aromatic N) is 1. The van der Waals surface area contributed by atoms with Crippen molar-refractivity contribution in [2.24, 2.45) is 17.8 Å². The first-order valence-electron chi connectivity index (χ1n) is 17.8. The molecule has 286 valence electrons. The molecule has 0 aliphatic heterocycles. The predicted molar refractivity (Wildman–Crippen MR) is 204 cm³/mol. The Bertz CT molecular complexity index is 1570. The number of halogens is 1. The Morgan fingerprint density at radius 1 is 1.08 bits per heavy atom. The second-order valence-electron chi connectivity index (χ2n) is 13.9. The summed E-state index contributed by atoms with van der Waals surface area (Å²) in [6, 6.07) is 7.70. The molecule has 2 aliphatic rings. The van der Waals surface area contributed by atoms with Crippen LogP contribution < -0.4 is 24.3 Å². The molecule has 13 heteroatoms. The van der Waals surface area contributed by atoms with Gasteiger partial charge in [0.1, 0.15) is 36.6 Å². The summed E-state index contributed by atoms with van der Waals surface area (Å²) in [6.45, 7) is 6.31.